The normalized spacial score (nSPS) is 14.0. The second kappa shape index (κ2) is 9.24. The molecule has 1 N–H and O–H groups in total. The Hall–Kier alpha value is 0.190. The highest BCUT2D eigenvalue weighted by Gasteiger charge is 2.13. The average Bonchev–Trinajstić information content (AvgIpc) is 2.13. The molecular weight excluding hydrogens is 219 g/mol. The Morgan fingerprint density at radius 1 is 1.00 bits per heavy atom. The van der Waals surface area contributed by atoms with Crippen LogP contribution in [-0.4, -0.2) is 30.7 Å². The minimum Gasteiger partial charge on any atom is -0.393 e. The van der Waals surface area contributed by atoms with E-state index in [1.807, 2.05) is 0 Å². The molecule has 0 amide bonds. The summed E-state index contributed by atoms with van der Waals surface area (Å²) in [4.78, 5) is 0. The van der Waals surface area contributed by atoms with Gasteiger partial charge in [-0.05, 0) is 19.8 Å². The molecular formula is C13H29O2P. The van der Waals surface area contributed by atoms with Gasteiger partial charge < -0.3 is 9.67 Å². The van der Waals surface area contributed by atoms with Crippen LogP contribution in [0.4, 0.5) is 0 Å². The molecule has 0 aromatic heterocycles. The zero-order valence-electron chi connectivity index (χ0n) is 11.2. The van der Waals surface area contributed by atoms with Crippen molar-refractivity contribution < 1.29 is 9.67 Å². The fourth-order valence-corrected chi connectivity index (χ4v) is 3.13. The van der Waals surface area contributed by atoms with Crippen LogP contribution in [0.2, 0.25) is 0 Å². The number of aliphatic hydroxyl groups excluding tert-OH is 1. The molecule has 0 heterocycles. The van der Waals surface area contributed by atoms with Crippen molar-refractivity contribution in [3.63, 3.8) is 0 Å². The summed E-state index contributed by atoms with van der Waals surface area (Å²) in [6.07, 6.45) is 9.83. The number of hydrogen-bond acceptors (Lipinski definition) is 2. The van der Waals surface area contributed by atoms with Gasteiger partial charge in [0, 0.05) is 6.16 Å². The van der Waals surface area contributed by atoms with E-state index in [1.165, 1.54) is 38.5 Å². The maximum atomic E-state index is 11.5. The molecule has 0 rings (SSSR count). The van der Waals surface area contributed by atoms with Gasteiger partial charge in [-0.1, -0.05) is 51.9 Å². The summed E-state index contributed by atoms with van der Waals surface area (Å²) >= 11 is 0. The fourth-order valence-electron chi connectivity index (χ4n) is 1.94. The molecule has 0 saturated heterocycles. The van der Waals surface area contributed by atoms with E-state index in [-0.39, 0.29) is 6.10 Å². The van der Waals surface area contributed by atoms with Crippen LogP contribution >= 0.6 is 7.14 Å². The molecule has 0 aliphatic rings. The van der Waals surface area contributed by atoms with Crippen LogP contribution in [0, 0.1) is 0 Å². The molecule has 0 saturated carbocycles. The lowest BCUT2D eigenvalue weighted by Crippen LogP contribution is -2.11. The lowest BCUT2D eigenvalue weighted by molar-refractivity contribution is 0.182. The number of rotatable bonds is 10. The Labute approximate surface area is 101 Å². The summed E-state index contributed by atoms with van der Waals surface area (Å²) < 4.78 is 11.5. The van der Waals surface area contributed by atoms with Crippen LogP contribution < -0.4 is 0 Å². The Morgan fingerprint density at radius 2 is 1.50 bits per heavy atom. The number of aliphatic hydroxyl groups is 1. The third kappa shape index (κ3) is 12.3. The summed E-state index contributed by atoms with van der Waals surface area (Å²) in [5, 5.41) is 9.65. The zero-order chi connectivity index (χ0) is 12.4. The largest absolute Gasteiger partial charge is 0.393 e. The highest BCUT2D eigenvalue weighted by atomic mass is 31.2. The lowest BCUT2D eigenvalue weighted by Gasteiger charge is -2.13. The van der Waals surface area contributed by atoms with Gasteiger partial charge in [0.2, 0.25) is 0 Å². The molecule has 16 heavy (non-hydrogen) atoms. The number of unbranched alkanes of at least 4 members (excludes halogenated alkanes) is 6. The fraction of sp³-hybridized carbons (Fsp3) is 1.00. The van der Waals surface area contributed by atoms with Gasteiger partial charge in [-0.2, -0.15) is 0 Å². The molecule has 0 aliphatic heterocycles. The van der Waals surface area contributed by atoms with Gasteiger partial charge in [-0.3, -0.25) is 0 Å². The van der Waals surface area contributed by atoms with Gasteiger partial charge in [0.25, 0.3) is 0 Å². The van der Waals surface area contributed by atoms with Gasteiger partial charge in [0.1, 0.15) is 0 Å². The Bertz CT molecular complexity index is 198. The van der Waals surface area contributed by atoms with Gasteiger partial charge >= 0.3 is 0 Å². The maximum absolute atomic E-state index is 11.5. The predicted molar refractivity (Wildman–Crippen MR) is 72.9 cm³/mol. The Morgan fingerprint density at radius 3 is 2.00 bits per heavy atom. The smallest absolute Gasteiger partial charge is 0.0844 e. The van der Waals surface area contributed by atoms with Gasteiger partial charge in [0.15, 0.2) is 0 Å². The van der Waals surface area contributed by atoms with E-state index in [2.05, 4.69) is 6.92 Å². The Balaban J connectivity index is 3.28. The van der Waals surface area contributed by atoms with Crippen molar-refractivity contribution in [1.82, 2.24) is 0 Å². The van der Waals surface area contributed by atoms with E-state index in [9.17, 15) is 9.67 Å². The zero-order valence-corrected chi connectivity index (χ0v) is 12.1. The van der Waals surface area contributed by atoms with Crippen LogP contribution in [0.15, 0.2) is 0 Å². The van der Waals surface area contributed by atoms with Crippen molar-refractivity contribution in [2.45, 2.75) is 64.4 Å². The van der Waals surface area contributed by atoms with Crippen molar-refractivity contribution in [3.8, 4) is 0 Å². The third-order valence-corrected chi connectivity index (χ3v) is 4.09. The molecule has 1 unspecified atom stereocenters. The molecule has 0 aliphatic carbocycles. The van der Waals surface area contributed by atoms with Crippen LogP contribution in [0.5, 0.6) is 0 Å². The molecule has 3 heteroatoms. The van der Waals surface area contributed by atoms with Crippen LogP contribution in [0.25, 0.3) is 0 Å². The monoisotopic (exact) mass is 248 g/mol. The molecule has 2 nitrogen and oxygen atoms in total. The summed E-state index contributed by atoms with van der Waals surface area (Å²) in [6.45, 7) is 5.73. The highest BCUT2D eigenvalue weighted by Crippen LogP contribution is 2.37. The first-order chi connectivity index (χ1) is 7.45. The minimum absolute atomic E-state index is 0.350. The molecule has 0 bridgehead atoms. The summed E-state index contributed by atoms with van der Waals surface area (Å²) in [7, 11) is -2.04. The summed E-state index contributed by atoms with van der Waals surface area (Å²) in [6, 6.07) is 0. The molecule has 1 atom stereocenters. The molecule has 0 aromatic rings. The SMILES string of the molecule is CCCCCCCCCC(O)CP(C)(C)=O. The van der Waals surface area contributed by atoms with Crippen molar-refractivity contribution in [2.24, 2.45) is 0 Å². The quantitative estimate of drug-likeness (QED) is 0.466. The predicted octanol–water partition coefficient (Wildman–Crippen LogP) is 4.11. The van der Waals surface area contributed by atoms with Gasteiger partial charge in [-0.25, -0.2) is 0 Å². The lowest BCUT2D eigenvalue weighted by atomic mass is 10.1. The van der Waals surface area contributed by atoms with Crippen molar-refractivity contribution in [2.75, 3.05) is 19.5 Å². The van der Waals surface area contributed by atoms with Crippen LogP contribution in [0.1, 0.15) is 58.3 Å². The molecule has 0 radical (unpaired) electrons. The molecule has 98 valence electrons. The third-order valence-electron chi connectivity index (χ3n) is 2.79. The molecule has 0 spiro atoms. The van der Waals surface area contributed by atoms with Gasteiger partial charge in [-0.15, -0.1) is 0 Å². The summed E-state index contributed by atoms with van der Waals surface area (Å²) in [5.74, 6) is 0. The second-order valence-electron chi connectivity index (χ2n) is 5.32. The first-order valence-electron chi connectivity index (χ1n) is 6.68. The highest BCUT2D eigenvalue weighted by molar-refractivity contribution is 7.62. The van der Waals surface area contributed by atoms with Crippen molar-refractivity contribution in [1.29, 1.82) is 0 Å². The minimum atomic E-state index is -2.04. The topological polar surface area (TPSA) is 37.3 Å². The van der Waals surface area contributed by atoms with Gasteiger partial charge in [0.05, 0.1) is 13.2 Å². The van der Waals surface area contributed by atoms with Crippen LogP contribution in [0.3, 0.4) is 0 Å². The first-order valence-corrected chi connectivity index (χ1v) is 9.46. The maximum Gasteiger partial charge on any atom is 0.0844 e. The summed E-state index contributed by atoms with van der Waals surface area (Å²) in [5.41, 5.74) is 0. The van der Waals surface area contributed by atoms with Crippen LogP contribution in [-0.2, 0) is 4.57 Å². The van der Waals surface area contributed by atoms with Crippen molar-refractivity contribution >= 4 is 7.14 Å². The first kappa shape index (κ1) is 16.2. The van der Waals surface area contributed by atoms with E-state index < -0.39 is 7.14 Å². The average molecular weight is 248 g/mol. The van der Waals surface area contributed by atoms with E-state index in [1.54, 1.807) is 13.3 Å². The molecule has 0 aromatic carbocycles. The van der Waals surface area contributed by atoms with E-state index >= 15 is 0 Å². The van der Waals surface area contributed by atoms with E-state index in [4.69, 9.17) is 0 Å². The van der Waals surface area contributed by atoms with E-state index in [0.717, 1.165) is 12.8 Å². The number of hydrogen-bond donors (Lipinski definition) is 1. The van der Waals surface area contributed by atoms with Crippen molar-refractivity contribution in [3.05, 3.63) is 0 Å². The Kier molecular flexibility index (Phi) is 9.35. The second-order valence-corrected chi connectivity index (χ2v) is 8.83. The standard InChI is InChI=1S/C13H29O2P/c1-4-5-6-7-8-9-10-11-13(14)12-16(2,3)15/h13-14H,4-12H2,1-3H3. The molecule has 0 fully saturated rings. The van der Waals surface area contributed by atoms with E-state index in [0.29, 0.717) is 6.16 Å².